The van der Waals surface area contributed by atoms with Gasteiger partial charge in [0.25, 0.3) is 0 Å². The Labute approximate surface area is 286 Å². The number of nitrogens with one attached hydrogen (secondary N) is 2. The number of aldehydes is 1. The van der Waals surface area contributed by atoms with Gasteiger partial charge in [-0.05, 0) is 59.0 Å². The fraction of sp³-hybridized carbons (Fsp3) is 0.324. The SMILES string of the molecule is C[N+]1(C)[C@@H]2CC(OC(=O)Nc3cc(CCCC(=O)Nc4ccc5cc(C=O)ccc5c4)ccc3-c3ccccc3)C[C@H]1[C@@H]1O[C@@H]12.[I-]. The molecule has 3 aliphatic heterocycles. The molecule has 46 heavy (non-hydrogen) atoms. The highest BCUT2D eigenvalue weighted by Gasteiger charge is 2.70. The molecule has 3 aliphatic rings. The molecule has 8 nitrogen and oxygen atoms in total. The third-order valence-electron chi connectivity index (χ3n) is 9.87. The standard InChI is InChI=1S/C37H37N3O5.HI/c1-40(2)32-20-29(21-33(40)36-35(32)45-36)44-37(43)39-31-18-23(12-16-30(31)25-8-4-3-5-9-25)7-6-10-34(42)38-28-15-14-26-17-24(22-41)11-13-27(26)19-28;/h3-5,8-9,11-19,22,29,32-33,35-36H,6-7,10,20-21H2,1-2H3,(H-,38,39,41,42,43);1H/t29?,32-,33+,35-,36+;. The molecule has 3 heterocycles. The summed E-state index contributed by atoms with van der Waals surface area (Å²) in [5.74, 6) is -0.0621. The Morgan fingerprint density at radius 2 is 1.61 bits per heavy atom. The molecule has 0 saturated carbocycles. The molecule has 4 aromatic carbocycles. The highest BCUT2D eigenvalue weighted by atomic mass is 127. The van der Waals surface area contributed by atoms with Crippen LogP contribution in [0.4, 0.5) is 16.2 Å². The predicted molar refractivity (Wildman–Crippen MR) is 174 cm³/mol. The second-order valence-electron chi connectivity index (χ2n) is 13.0. The van der Waals surface area contributed by atoms with Crippen LogP contribution in [0.1, 0.15) is 41.6 Å². The quantitative estimate of drug-likeness (QED) is 0.119. The van der Waals surface area contributed by atoms with Crippen LogP contribution in [0.5, 0.6) is 0 Å². The first-order chi connectivity index (χ1) is 21.8. The van der Waals surface area contributed by atoms with Crippen LogP contribution in [0.2, 0.25) is 0 Å². The number of ether oxygens (including phenoxy) is 2. The number of hydrogen-bond donors (Lipinski definition) is 2. The predicted octanol–water partition coefficient (Wildman–Crippen LogP) is 3.59. The number of fused-ring (bicyclic) bond motifs is 6. The lowest BCUT2D eigenvalue weighted by Gasteiger charge is -2.45. The van der Waals surface area contributed by atoms with Crippen LogP contribution in [0.25, 0.3) is 21.9 Å². The number of anilines is 2. The van der Waals surface area contributed by atoms with Crippen molar-refractivity contribution < 1.29 is 52.3 Å². The van der Waals surface area contributed by atoms with Gasteiger partial charge in [-0.3, -0.25) is 14.9 Å². The zero-order chi connectivity index (χ0) is 31.1. The van der Waals surface area contributed by atoms with E-state index < -0.39 is 6.09 Å². The molecule has 0 aromatic heterocycles. The average Bonchev–Trinajstić information content (AvgIpc) is 3.80. The first-order valence-corrected chi connectivity index (χ1v) is 15.7. The number of rotatable bonds is 9. The Morgan fingerprint density at radius 3 is 2.35 bits per heavy atom. The summed E-state index contributed by atoms with van der Waals surface area (Å²) in [7, 11) is 4.52. The van der Waals surface area contributed by atoms with E-state index >= 15 is 0 Å². The number of benzene rings is 4. The van der Waals surface area contributed by atoms with Crippen molar-refractivity contribution in [1.82, 2.24) is 0 Å². The molecule has 4 aromatic rings. The third-order valence-corrected chi connectivity index (χ3v) is 9.87. The van der Waals surface area contributed by atoms with Crippen LogP contribution >= 0.6 is 0 Å². The van der Waals surface area contributed by atoms with Gasteiger partial charge in [0.05, 0.1) is 19.8 Å². The number of nitrogens with zero attached hydrogens (tertiary/aromatic N) is 1. The topological polar surface area (TPSA) is 97.0 Å². The molecule has 0 aliphatic carbocycles. The number of morpholine rings is 1. The molecule has 5 atom stereocenters. The maximum absolute atomic E-state index is 13.2. The number of amides is 2. The number of quaternary nitrogens is 1. The monoisotopic (exact) mass is 731 g/mol. The van der Waals surface area contributed by atoms with Gasteiger partial charge in [-0.25, -0.2) is 4.79 Å². The zero-order valence-electron chi connectivity index (χ0n) is 25.9. The van der Waals surface area contributed by atoms with Crippen LogP contribution in [0.15, 0.2) is 84.9 Å². The van der Waals surface area contributed by atoms with Gasteiger partial charge in [-0.15, -0.1) is 0 Å². The molecule has 2 bridgehead atoms. The molecule has 2 N–H and O–H groups in total. The van der Waals surface area contributed by atoms with Crippen molar-refractivity contribution in [2.75, 3.05) is 24.7 Å². The van der Waals surface area contributed by atoms with Gasteiger partial charge in [-0.2, -0.15) is 0 Å². The summed E-state index contributed by atoms with van der Waals surface area (Å²) in [5.41, 5.74) is 4.99. The minimum absolute atomic E-state index is 0. The van der Waals surface area contributed by atoms with E-state index in [9.17, 15) is 14.4 Å². The number of piperidine rings is 1. The summed E-state index contributed by atoms with van der Waals surface area (Å²) in [4.78, 5) is 37.0. The van der Waals surface area contributed by atoms with Crippen molar-refractivity contribution >= 4 is 40.4 Å². The summed E-state index contributed by atoms with van der Waals surface area (Å²) in [6, 6.07) is 27.9. The van der Waals surface area contributed by atoms with Gasteiger partial charge in [-0.1, -0.05) is 60.7 Å². The zero-order valence-corrected chi connectivity index (χ0v) is 28.1. The first-order valence-electron chi connectivity index (χ1n) is 15.7. The van der Waals surface area contributed by atoms with Crippen LogP contribution in [-0.2, 0) is 20.7 Å². The van der Waals surface area contributed by atoms with Crippen molar-refractivity contribution in [3.8, 4) is 11.1 Å². The van der Waals surface area contributed by atoms with Gasteiger partial charge in [0, 0.05) is 36.1 Å². The van der Waals surface area contributed by atoms with Gasteiger partial charge in [0.2, 0.25) is 5.91 Å². The van der Waals surface area contributed by atoms with E-state index in [4.69, 9.17) is 9.47 Å². The molecule has 3 fully saturated rings. The maximum atomic E-state index is 13.2. The molecular weight excluding hydrogens is 693 g/mol. The molecule has 7 rings (SSSR count). The van der Waals surface area contributed by atoms with Gasteiger partial charge in [0.1, 0.15) is 36.7 Å². The summed E-state index contributed by atoms with van der Waals surface area (Å²) in [6.45, 7) is 0. The minimum Gasteiger partial charge on any atom is -1.00 e. The molecule has 3 saturated heterocycles. The fourth-order valence-electron chi connectivity index (χ4n) is 7.40. The lowest BCUT2D eigenvalue weighted by molar-refractivity contribution is -0.938. The Hall–Kier alpha value is -3.80. The second kappa shape index (κ2) is 13.1. The Kier molecular flexibility index (Phi) is 9.18. The van der Waals surface area contributed by atoms with E-state index in [1.807, 2.05) is 72.8 Å². The first kappa shape index (κ1) is 32.2. The fourth-order valence-corrected chi connectivity index (χ4v) is 7.40. The Bertz CT molecular complexity index is 1760. The molecule has 1 unspecified atom stereocenters. The van der Waals surface area contributed by atoms with E-state index in [0.717, 1.165) is 56.8 Å². The minimum atomic E-state index is -0.437. The van der Waals surface area contributed by atoms with E-state index in [0.29, 0.717) is 54.8 Å². The highest BCUT2D eigenvalue weighted by molar-refractivity contribution is 5.96. The molecule has 0 radical (unpaired) electrons. The Balaban J connectivity index is 0.00000372. The van der Waals surface area contributed by atoms with Crippen molar-refractivity contribution in [2.24, 2.45) is 0 Å². The molecule has 9 heteroatoms. The highest BCUT2D eigenvalue weighted by Crippen LogP contribution is 2.51. The summed E-state index contributed by atoms with van der Waals surface area (Å²) < 4.78 is 12.8. The molecule has 2 amide bonds. The van der Waals surface area contributed by atoms with Crippen molar-refractivity contribution in [3.05, 3.63) is 96.1 Å². The average molecular weight is 732 g/mol. The number of aryl methyl sites for hydroxylation is 1. The van der Waals surface area contributed by atoms with Gasteiger partial charge < -0.3 is 43.3 Å². The van der Waals surface area contributed by atoms with Crippen molar-refractivity contribution in [2.45, 2.75) is 62.5 Å². The number of carbonyl (C=O) groups is 3. The lowest BCUT2D eigenvalue weighted by atomic mass is 9.96. The van der Waals surface area contributed by atoms with Crippen molar-refractivity contribution in [3.63, 3.8) is 0 Å². The number of likely N-dealkylation sites (N-methyl/N-ethyl adjacent to an activating group) is 1. The number of halogens is 1. The maximum Gasteiger partial charge on any atom is 0.411 e. The van der Waals surface area contributed by atoms with E-state index in [2.05, 4.69) is 30.8 Å². The number of epoxide rings is 1. The molecule has 0 spiro atoms. The molecular formula is C37H38IN3O5. The smallest absolute Gasteiger partial charge is 0.411 e. The van der Waals surface area contributed by atoms with Crippen LogP contribution in [0, 0.1) is 0 Å². The molecule has 238 valence electrons. The lowest BCUT2D eigenvalue weighted by Crippen LogP contribution is -3.00. The Morgan fingerprint density at radius 1 is 0.891 bits per heavy atom. The van der Waals surface area contributed by atoms with Crippen molar-refractivity contribution in [1.29, 1.82) is 0 Å². The van der Waals surface area contributed by atoms with Crippen LogP contribution < -0.4 is 34.6 Å². The summed E-state index contributed by atoms with van der Waals surface area (Å²) in [6.07, 6.45) is 4.18. The number of hydrogen-bond acceptors (Lipinski definition) is 5. The largest absolute Gasteiger partial charge is 1.00 e. The second-order valence-corrected chi connectivity index (χ2v) is 13.0. The summed E-state index contributed by atoms with van der Waals surface area (Å²) in [5, 5.41) is 7.94. The van der Waals surface area contributed by atoms with E-state index in [-0.39, 0.29) is 36.0 Å². The van der Waals surface area contributed by atoms with Gasteiger partial charge >= 0.3 is 6.09 Å². The normalized spacial score (nSPS) is 23.5. The summed E-state index contributed by atoms with van der Waals surface area (Å²) >= 11 is 0. The number of carbonyl (C=O) groups excluding carboxylic acids is 3. The van der Waals surface area contributed by atoms with Crippen LogP contribution in [0.3, 0.4) is 0 Å². The van der Waals surface area contributed by atoms with Crippen LogP contribution in [-0.4, -0.2) is 67.3 Å². The third kappa shape index (κ3) is 6.54. The van der Waals surface area contributed by atoms with E-state index in [1.165, 1.54) is 0 Å². The van der Waals surface area contributed by atoms with Gasteiger partial charge in [0.15, 0.2) is 0 Å². The van der Waals surface area contributed by atoms with E-state index in [1.54, 1.807) is 6.07 Å².